The molecule has 1 aliphatic rings. The summed E-state index contributed by atoms with van der Waals surface area (Å²) in [7, 11) is 0. The molecule has 88 valence electrons. The Morgan fingerprint density at radius 3 is 2.82 bits per heavy atom. The van der Waals surface area contributed by atoms with Crippen molar-refractivity contribution >= 4 is 6.08 Å². The van der Waals surface area contributed by atoms with Gasteiger partial charge in [-0.25, -0.2) is 0 Å². The molecule has 3 heteroatoms. The number of rotatable bonds is 3. The number of furan rings is 2. The van der Waals surface area contributed by atoms with Crippen LogP contribution in [0, 0.1) is 0 Å². The molecule has 0 N–H and O–H groups in total. The van der Waals surface area contributed by atoms with Gasteiger partial charge in [0.1, 0.15) is 11.5 Å². The molecular weight excluding hydrogens is 214 g/mol. The van der Waals surface area contributed by atoms with Crippen molar-refractivity contribution in [1.82, 2.24) is 4.90 Å². The topological polar surface area (TPSA) is 29.5 Å². The monoisotopic (exact) mass is 229 g/mol. The molecule has 0 saturated carbocycles. The van der Waals surface area contributed by atoms with E-state index >= 15 is 0 Å². The molecule has 3 nitrogen and oxygen atoms in total. The van der Waals surface area contributed by atoms with Crippen molar-refractivity contribution in [3.05, 3.63) is 53.9 Å². The van der Waals surface area contributed by atoms with E-state index in [1.807, 2.05) is 24.3 Å². The van der Waals surface area contributed by atoms with E-state index < -0.39 is 0 Å². The lowest BCUT2D eigenvalue weighted by molar-refractivity contribution is 0.302. The molecule has 0 radical (unpaired) electrons. The molecule has 17 heavy (non-hydrogen) atoms. The van der Waals surface area contributed by atoms with Gasteiger partial charge >= 0.3 is 0 Å². The molecule has 1 aliphatic heterocycles. The molecule has 2 aromatic heterocycles. The average molecular weight is 229 g/mol. The van der Waals surface area contributed by atoms with Crippen LogP contribution in [-0.4, -0.2) is 18.0 Å². The van der Waals surface area contributed by atoms with Gasteiger partial charge in [0.25, 0.3) is 0 Å². The SMILES string of the molecule is C(=C1/CCN(Cc2ccco2)C1)/c1ccco1. The third-order valence-corrected chi connectivity index (χ3v) is 3.02. The van der Waals surface area contributed by atoms with Crippen molar-refractivity contribution in [2.24, 2.45) is 0 Å². The summed E-state index contributed by atoms with van der Waals surface area (Å²) < 4.78 is 10.7. The molecule has 1 saturated heterocycles. The lowest BCUT2D eigenvalue weighted by Gasteiger charge is -2.11. The van der Waals surface area contributed by atoms with E-state index in [0.29, 0.717) is 0 Å². The van der Waals surface area contributed by atoms with E-state index in [4.69, 9.17) is 8.83 Å². The highest BCUT2D eigenvalue weighted by Crippen LogP contribution is 2.20. The molecule has 0 bridgehead atoms. The minimum atomic E-state index is 0.891. The summed E-state index contributed by atoms with van der Waals surface area (Å²) in [5.74, 6) is 1.98. The fourth-order valence-corrected chi connectivity index (χ4v) is 2.20. The molecule has 3 heterocycles. The molecule has 0 unspecified atom stereocenters. The Morgan fingerprint density at radius 1 is 1.18 bits per heavy atom. The van der Waals surface area contributed by atoms with Crippen LogP contribution in [0.2, 0.25) is 0 Å². The van der Waals surface area contributed by atoms with Gasteiger partial charge in [0.15, 0.2) is 0 Å². The molecule has 0 amide bonds. The van der Waals surface area contributed by atoms with Crippen LogP contribution in [0.1, 0.15) is 17.9 Å². The first-order chi connectivity index (χ1) is 8.40. The van der Waals surface area contributed by atoms with Gasteiger partial charge in [-0.2, -0.15) is 0 Å². The molecule has 3 rings (SSSR count). The first kappa shape index (κ1) is 10.4. The fraction of sp³-hybridized carbons (Fsp3) is 0.286. The van der Waals surface area contributed by atoms with Crippen molar-refractivity contribution in [1.29, 1.82) is 0 Å². The van der Waals surface area contributed by atoms with Gasteiger partial charge in [0.2, 0.25) is 0 Å². The predicted octanol–water partition coefficient (Wildman–Crippen LogP) is 3.16. The fourth-order valence-electron chi connectivity index (χ4n) is 2.20. The average Bonchev–Trinajstić information content (AvgIpc) is 3.02. The summed E-state index contributed by atoms with van der Waals surface area (Å²) in [6.45, 7) is 2.98. The van der Waals surface area contributed by atoms with Gasteiger partial charge in [-0.3, -0.25) is 4.90 Å². The largest absolute Gasteiger partial charge is 0.468 e. The van der Waals surface area contributed by atoms with E-state index in [0.717, 1.165) is 37.6 Å². The molecule has 1 fully saturated rings. The Labute approximate surface area is 100 Å². The second kappa shape index (κ2) is 4.63. The standard InChI is InChI=1S/C14H15NO2/c1-3-13(16-7-1)9-12-5-6-15(10-12)11-14-4-2-8-17-14/h1-4,7-9H,5-6,10-11H2/b12-9+. The zero-order chi connectivity index (χ0) is 11.5. The second-order valence-electron chi connectivity index (χ2n) is 4.36. The Hall–Kier alpha value is -1.74. The van der Waals surface area contributed by atoms with Gasteiger partial charge in [0.05, 0.1) is 19.1 Å². The molecule has 0 atom stereocenters. The summed E-state index contributed by atoms with van der Waals surface area (Å²) in [5, 5.41) is 0. The van der Waals surface area contributed by atoms with Gasteiger partial charge in [-0.05, 0) is 36.8 Å². The highest BCUT2D eigenvalue weighted by Gasteiger charge is 2.17. The minimum Gasteiger partial charge on any atom is -0.468 e. The van der Waals surface area contributed by atoms with Crippen LogP contribution in [0.25, 0.3) is 6.08 Å². The summed E-state index contributed by atoms with van der Waals surface area (Å²) in [6.07, 6.45) is 6.69. The van der Waals surface area contributed by atoms with E-state index in [-0.39, 0.29) is 0 Å². The summed E-state index contributed by atoms with van der Waals surface area (Å²) in [4.78, 5) is 2.38. The van der Waals surface area contributed by atoms with Crippen molar-refractivity contribution in [3.8, 4) is 0 Å². The third-order valence-electron chi connectivity index (χ3n) is 3.02. The Balaban J connectivity index is 1.62. The van der Waals surface area contributed by atoms with Gasteiger partial charge in [0, 0.05) is 13.1 Å². The quantitative estimate of drug-likeness (QED) is 0.809. The van der Waals surface area contributed by atoms with E-state index in [1.165, 1.54) is 5.57 Å². The Morgan fingerprint density at radius 2 is 2.06 bits per heavy atom. The maximum absolute atomic E-state index is 5.36. The highest BCUT2D eigenvalue weighted by molar-refractivity contribution is 5.48. The zero-order valence-corrected chi connectivity index (χ0v) is 9.63. The predicted molar refractivity (Wildman–Crippen MR) is 65.3 cm³/mol. The van der Waals surface area contributed by atoms with Crippen LogP contribution in [0.15, 0.2) is 51.2 Å². The summed E-state index contributed by atoms with van der Waals surface area (Å²) in [6, 6.07) is 7.86. The molecule has 0 aliphatic carbocycles. The van der Waals surface area contributed by atoms with Gasteiger partial charge in [-0.1, -0.05) is 5.57 Å². The maximum atomic E-state index is 5.36. The maximum Gasteiger partial charge on any atom is 0.126 e. The molecular formula is C14H15NO2. The Kier molecular flexibility index (Phi) is 2.84. The smallest absolute Gasteiger partial charge is 0.126 e. The van der Waals surface area contributed by atoms with Crippen LogP contribution in [0.3, 0.4) is 0 Å². The number of hydrogen-bond acceptors (Lipinski definition) is 3. The molecule has 2 aromatic rings. The third kappa shape index (κ3) is 2.50. The van der Waals surface area contributed by atoms with E-state index in [2.05, 4.69) is 11.0 Å². The van der Waals surface area contributed by atoms with E-state index in [1.54, 1.807) is 12.5 Å². The van der Waals surface area contributed by atoms with E-state index in [9.17, 15) is 0 Å². The Bertz CT molecular complexity index is 482. The van der Waals surface area contributed by atoms with Gasteiger partial charge in [-0.15, -0.1) is 0 Å². The summed E-state index contributed by atoms with van der Waals surface area (Å²) in [5.41, 5.74) is 1.42. The van der Waals surface area contributed by atoms with Crippen LogP contribution < -0.4 is 0 Å². The minimum absolute atomic E-state index is 0.891. The number of likely N-dealkylation sites (tertiary alicyclic amines) is 1. The normalized spacial score (nSPS) is 19.2. The summed E-state index contributed by atoms with van der Waals surface area (Å²) >= 11 is 0. The second-order valence-corrected chi connectivity index (χ2v) is 4.36. The number of hydrogen-bond donors (Lipinski definition) is 0. The van der Waals surface area contributed by atoms with Crippen LogP contribution in [0.4, 0.5) is 0 Å². The first-order valence-corrected chi connectivity index (χ1v) is 5.88. The van der Waals surface area contributed by atoms with Crippen LogP contribution >= 0.6 is 0 Å². The first-order valence-electron chi connectivity index (χ1n) is 5.88. The van der Waals surface area contributed by atoms with Crippen molar-refractivity contribution in [3.63, 3.8) is 0 Å². The zero-order valence-electron chi connectivity index (χ0n) is 9.63. The molecule has 0 aromatic carbocycles. The van der Waals surface area contributed by atoms with Gasteiger partial charge < -0.3 is 8.83 Å². The van der Waals surface area contributed by atoms with Crippen molar-refractivity contribution in [2.45, 2.75) is 13.0 Å². The van der Waals surface area contributed by atoms with Crippen molar-refractivity contribution in [2.75, 3.05) is 13.1 Å². The lowest BCUT2D eigenvalue weighted by Crippen LogP contribution is -2.18. The highest BCUT2D eigenvalue weighted by atomic mass is 16.3. The van der Waals surface area contributed by atoms with Crippen molar-refractivity contribution < 1.29 is 8.83 Å². The van der Waals surface area contributed by atoms with Crippen LogP contribution in [-0.2, 0) is 6.54 Å². The lowest BCUT2D eigenvalue weighted by atomic mass is 10.2. The van der Waals surface area contributed by atoms with Crippen LogP contribution in [0.5, 0.6) is 0 Å². The number of nitrogens with zero attached hydrogens (tertiary/aromatic N) is 1. The molecule has 0 spiro atoms.